The Kier molecular flexibility index (Phi) is 5.46. The van der Waals surface area contributed by atoms with Crippen LogP contribution in [0.4, 0.5) is 0 Å². The summed E-state index contributed by atoms with van der Waals surface area (Å²) in [6.07, 6.45) is 1.21. The minimum absolute atomic E-state index is 0.0436. The van der Waals surface area contributed by atoms with Crippen LogP contribution in [0.1, 0.15) is 39.2 Å². The number of rotatable bonds is 3. The lowest BCUT2D eigenvalue weighted by Crippen LogP contribution is -2.46. The van der Waals surface area contributed by atoms with E-state index in [4.69, 9.17) is 0 Å². The van der Waals surface area contributed by atoms with Gasteiger partial charge in [0.25, 0.3) is 0 Å². The summed E-state index contributed by atoms with van der Waals surface area (Å²) in [5.41, 5.74) is 1.03. The van der Waals surface area contributed by atoms with Gasteiger partial charge in [0.1, 0.15) is 6.04 Å². The van der Waals surface area contributed by atoms with Crippen LogP contribution in [-0.4, -0.2) is 48.7 Å². The van der Waals surface area contributed by atoms with Crippen LogP contribution in [0, 0.1) is 0 Å². The van der Waals surface area contributed by atoms with Gasteiger partial charge in [-0.2, -0.15) is 4.31 Å². The molecule has 3 rings (SSSR count). The number of hydrogen-bond acceptors (Lipinski definition) is 5. The van der Waals surface area contributed by atoms with Crippen LogP contribution in [0.3, 0.4) is 0 Å². The summed E-state index contributed by atoms with van der Waals surface area (Å²) in [7, 11) is -3.70. The van der Waals surface area contributed by atoms with Crippen molar-refractivity contribution in [1.29, 1.82) is 0 Å². The SMILES string of the molecule is CC(C)(C)c1ccc(S(=O)(=O)N2CCC[C@H]2C(=O)NC2=NCCS2)cc1. The zero-order chi connectivity index (χ0) is 18.9. The smallest absolute Gasteiger partial charge is 0.244 e. The molecule has 1 N–H and O–H groups in total. The molecule has 2 aliphatic heterocycles. The highest BCUT2D eigenvalue weighted by atomic mass is 32.2. The van der Waals surface area contributed by atoms with E-state index in [-0.39, 0.29) is 16.2 Å². The molecule has 0 aliphatic carbocycles. The molecule has 1 fully saturated rings. The number of carbonyl (C=O) groups is 1. The molecule has 0 spiro atoms. The maximum Gasteiger partial charge on any atom is 0.244 e. The second-order valence-electron chi connectivity index (χ2n) is 7.57. The van der Waals surface area contributed by atoms with Gasteiger partial charge in [-0.1, -0.05) is 44.7 Å². The van der Waals surface area contributed by atoms with Gasteiger partial charge in [-0.3, -0.25) is 9.79 Å². The molecule has 26 heavy (non-hydrogen) atoms. The standard InChI is InChI=1S/C18H25N3O3S2/c1-18(2,3)13-6-8-14(9-7-13)26(23,24)21-11-4-5-15(21)16(22)20-17-19-10-12-25-17/h6-9,15H,4-5,10-12H2,1-3H3,(H,19,20,22)/t15-/m0/s1. The first-order valence-electron chi connectivity index (χ1n) is 8.80. The van der Waals surface area contributed by atoms with Gasteiger partial charge in [0.15, 0.2) is 5.17 Å². The number of hydrogen-bond donors (Lipinski definition) is 1. The van der Waals surface area contributed by atoms with Crippen LogP contribution in [0.5, 0.6) is 0 Å². The number of carbonyl (C=O) groups excluding carboxylic acids is 1. The van der Waals surface area contributed by atoms with Crippen LogP contribution in [-0.2, 0) is 20.2 Å². The first-order chi connectivity index (χ1) is 12.2. The topological polar surface area (TPSA) is 78.8 Å². The Labute approximate surface area is 159 Å². The number of sulfonamides is 1. The molecule has 1 amide bonds. The molecule has 0 radical (unpaired) electrons. The number of aliphatic imine (C=N–C) groups is 1. The summed E-state index contributed by atoms with van der Waals surface area (Å²) in [5, 5.41) is 3.36. The van der Waals surface area contributed by atoms with Crippen molar-refractivity contribution in [2.24, 2.45) is 4.99 Å². The number of nitrogens with zero attached hydrogens (tertiary/aromatic N) is 2. The predicted molar refractivity (Wildman–Crippen MR) is 105 cm³/mol. The molecule has 1 aromatic carbocycles. The van der Waals surface area contributed by atoms with Gasteiger partial charge in [0.05, 0.1) is 11.4 Å². The van der Waals surface area contributed by atoms with Crippen molar-refractivity contribution in [2.45, 2.75) is 50.0 Å². The molecule has 1 saturated heterocycles. The highest BCUT2D eigenvalue weighted by Crippen LogP contribution is 2.29. The van der Waals surface area contributed by atoms with E-state index < -0.39 is 16.1 Å². The molecule has 0 bridgehead atoms. The third-order valence-electron chi connectivity index (χ3n) is 4.65. The second kappa shape index (κ2) is 7.32. The molecule has 0 saturated carbocycles. The highest BCUT2D eigenvalue weighted by molar-refractivity contribution is 8.14. The Hall–Kier alpha value is -1.38. The summed E-state index contributed by atoms with van der Waals surface area (Å²) in [6, 6.07) is 6.30. The summed E-state index contributed by atoms with van der Waals surface area (Å²) in [4.78, 5) is 17.0. The maximum atomic E-state index is 13.1. The average molecular weight is 396 g/mol. The summed E-state index contributed by atoms with van der Waals surface area (Å²) < 4.78 is 27.4. The third kappa shape index (κ3) is 3.97. The van der Waals surface area contributed by atoms with Gasteiger partial charge in [-0.15, -0.1) is 0 Å². The van der Waals surface area contributed by atoms with Gasteiger partial charge in [0.2, 0.25) is 15.9 Å². The van der Waals surface area contributed by atoms with Crippen LogP contribution in [0.2, 0.25) is 0 Å². The van der Waals surface area contributed by atoms with Gasteiger partial charge in [-0.05, 0) is 36.0 Å². The molecule has 142 valence electrons. The van der Waals surface area contributed by atoms with E-state index in [9.17, 15) is 13.2 Å². The minimum atomic E-state index is -3.70. The largest absolute Gasteiger partial charge is 0.304 e. The van der Waals surface area contributed by atoms with E-state index >= 15 is 0 Å². The first kappa shape index (κ1) is 19.4. The normalized spacial score (nSPS) is 21.7. The zero-order valence-electron chi connectivity index (χ0n) is 15.4. The molecule has 1 aromatic rings. The first-order valence-corrected chi connectivity index (χ1v) is 11.2. The van der Waals surface area contributed by atoms with Crippen molar-refractivity contribution in [1.82, 2.24) is 9.62 Å². The van der Waals surface area contributed by atoms with E-state index in [2.05, 4.69) is 31.1 Å². The average Bonchev–Trinajstić information content (AvgIpc) is 3.25. The molecule has 2 heterocycles. The third-order valence-corrected chi connectivity index (χ3v) is 7.46. The zero-order valence-corrected chi connectivity index (χ0v) is 17.0. The lowest BCUT2D eigenvalue weighted by atomic mass is 9.87. The summed E-state index contributed by atoms with van der Waals surface area (Å²) in [6.45, 7) is 7.30. The lowest BCUT2D eigenvalue weighted by Gasteiger charge is -2.24. The number of amidine groups is 1. The Bertz CT molecular complexity index is 811. The Morgan fingerprint density at radius 2 is 1.96 bits per heavy atom. The van der Waals surface area contributed by atoms with Crippen molar-refractivity contribution >= 4 is 32.9 Å². The van der Waals surface area contributed by atoms with Crippen LogP contribution < -0.4 is 5.32 Å². The molecule has 0 aromatic heterocycles. The van der Waals surface area contributed by atoms with E-state index in [1.54, 1.807) is 12.1 Å². The van der Waals surface area contributed by atoms with E-state index in [1.165, 1.54) is 16.1 Å². The minimum Gasteiger partial charge on any atom is -0.304 e. The van der Waals surface area contributed by atoms with Crippen molar-refractivity contribution < 1.29 is 13.2 Å². The van der Waals surface area contributed by atoms with Gasteiger partial charge in [0, 0.05) is 12.3 Å². The second-order valence-corrected chi connectivity index (χ2v) is 10.5. The molecule has 2 aliphatic rings. The Balaban J connectivity index is 1.80. The number of amides is 1. The number of thioether (sulfide) groups is 1. The Morgan fingerprint density at radius 3 is 2.54 bits per heavy atom. The van der Waals surface area contributed by atoms with Crippen LogP contribution >= 0.6 is 11.8 Å². The summed E-state index contributed by atoms with van der Waals surface area (Å²) >= 11 is 1.49. The molecule has 6 nitrogen and oxygen atoms in total. The fourth-order valence-electron chi connectivity index (χ4n) is 3.15. The fourth-order valence-corrected chi connectivity index (χ4v) is 5.54. The van der Waals surface area contributed by atoms with Crippen molar-refractivity contribution in [3.8, 4) is 0 Å². The van der Waals surface area contributed by atoms with E-state index in [0.29, 0.717) is 31.1 Å². The summed E-state index contributed by atoms with van der Waals surface area (Å²) in [5.74, 6) is 0.563. The fraction of sp³-hybridized carbons (Fsp3) is 0.556. The van der Waals surface area contributed by atoms with E-state index in [0.717, 1.165) is 11.3 Å². The van der Waals surface area contributed by atoms with E-state index in [1.807, 2.05) is 12.1 Å². The van der Waals surface area contributed by atoms with Crippen LogP contribution in [0.15, 0.2) is 34.2 Å². The quantitative estimate of drug-likeness (QED) is 0.852. The van der Waals surface area contributed by atoms with Crippen molar-refractivity contribution in [2.75, 3.05) is 18.8 Å². The lowest BCUT2D eigenvalue weighted by molar-refractivity contribution is -0.122. The van der Waals surface area contributed by atoms with Crippen molar-refractivity contribution in [3.05, 3.63) is 29.8 Å². The molecular weight excluding hydrogens is 370 g/mol. The molecule has 1 atom stereocenters. The number of benzene rings is 1. The van der Waals surface area contributed by atoms with Gasteiger partial charge < -0.3 is 5.32 Å². The Morgan fingerprint density at radius 1 is 1.27 bits per heavy atom. The number of nitrogens with one attached hydrogen (secondary N) is 1. The van der Waals surface area contributed by atoms with Crippen molar-refractivity contribution in [3.63, 3.8) is 0 Å². The molecule has 8 heteroatoms. The highest BCUT2D eigenvalue weighted by Gasteiger charge is 2.40. The molecule has 0 unspecified atom stereocenters. The molecular formula is C18H25N3O3S2. The van der Waals surface area contributed by atoms with Crippen LogP contribution in [0.25, 0.3) is 0 Å². The predicted octanol–water partition coefficient (Wildman–Crippen LogP) is 2.36. The maximum absolute atomic E-state index is 13.1. The van der Waals surface area contributed by atoms with Gasteiger partial charge in [-0.25, -0.2) is 8.42 Å². The monoisotopic (exact) mass is 395 g/mol. The van der Waals surface area contributed by atoms with Gasteiger partial charge >= 0.3 is 0 Å².